The van der Waals surface area contributed by atoms with Gasteiger partial charge in [0, 0.05) is 45.2 Å². The van der Waals surface area contributed by atoms with Gasteiger partial charge in [0.2, 0.25) is 15.9 Å². The highest BCUT2D eigenvalue weighted by atomic mass is 32.2. The maximum absolute atomic E-state index is 12.9. The van der Waals surface area contributed by atoms with Crippen molar-refractivity contribution in [3.63, 3.8) is 0 Å². The predicted octanol–water partition coefficient (Wildman–Crippen LogP) is 2.33. The van der Waals surface area contributed by atoms with Gasteiger partial charge in [-0.15, -0.1) is 0 Å². The molecule has 11 heteroatoms. The molecule has 0 radical (unpaired) electrons. The summed E-state index contributed by atoms with van der Waals surface area (Å²) in [5.41, 5.74) is 0.310. The number of rotatable bonds is 9. The Labute approximate surface area is 187 Å². The van der Waals surface area contributed by atoms with Crippen LogP contribution in [0.15, 0.2) is 53.4 Å². The highest BCUT2D eigenvalue weighted by molar-refractivity contribution is 7.89. The molecule has 32 heavy (non-hydrogen) atoms. The summed E-state index contributed by atoms with van der Waals surface area (Å²) in [6, 6.07) is 12.5. The molecule has 0 atom stereocenters. The molecule has 1 amide bonds. The first-order valence-electron chi connectivity index (χ1n) is 10.3. The zero-order chi connectivity index (χ0) is 23.1. The number of piperazine rings is 1. The number of anilines is 1. The first-order chi connectivity index (χ1) is 15.3. The van der Waals surface area contributed by atoms with Gasteiger partial charge in [-0.1, -0.05) is 12.1 Å². The highest BCUT2D eigenvalue weighted by Crippen LogP contribution is 2.23. The standard InChI is InChI=1S/C21H26N4O6S/c1-2-31-17-7-9-18(10-8-17)32(29,30)24-15-13-23(14-16-24)21(26)11-12-22-19-5-3-4-6-20(19)25(27)28/h3-10,22H,2,11-16H2,1H3. The third-order valence-electron chi connectivity index (χ3n) is 5.12. The maximum Gasteiger partial charge on any atom is 0.292 e. The van der Waals surface area contributed by atoms with E-state index in [1.54, 1.807) is 35.2 Å². The van der Waals surface area contributed by atoms with Crippen molar-refractivity contribution in [3.05, 3.63) is 58.6 Å². The molecule has 1 saturated heterocycles. The van der Waals surface area contributed by atoms with Crippen LogP contribution in [0.25, 0.3) is 0 Å². The fourth-order valence-corrected chi connectivity index (χ4v) is 4.87. The van der Waals surface area contributed by atoms with Gasteiger partial charge in [-0.05, 0) is 37.3 Å². The summed E-state index contributed by atoms with van der Waals surface area (Å²) in [6.45, 7) is 3.60. The minimum absolute atomic E-state index is 0.0481. The van der Waals surface area contributed by atoms with Crippen molar-refractivity contribution in [2.24, 2.45) is 0 Å². The second-order valence-corrected chi connectivity index (χ2v) is 9.08. The summed E-state index contributed by atoms with van der Waals surface area (Å²) >= 11 is 0. The molecule has 2 aromatic carbocycles. The average molecular weight is 463 g/mol. The van der Waals surface area contributed by atoms with Crippen molar-refractivity contribution in [3.8, 4) is 5.75 Å². The van der Waals surface area contributed by atoms with Crippen molar-refractivity contribution in [1.29, 1.82) is 0 Å². The van der Waals surface area contributed by atoms with Crippen LogP contribution in [0, 0.1) is 10.1 Å². The van der Waals surface area contributed by atoms with Crippen LogP contribution in [0.3, 0.4) is 0 Å². The minimum Gasteiger partial charge on any atom is -0.494 e. The normalized spacial score (nSPS) is 14.7. The second-order valence-electron chi connectivity index (χ2n) is 7.14. The van der Waals surface area contributed by atoms with Crippen LogP contribution in [-0.4, -0.2) is 67.8 Å². The molecule has 10 nitrogen and oxygen atoms in total. The Kier molecular flexibility index (Phi) is 7.65. The first kappa shape index (κ1) is 23.5. The van der Waals surface area contributed by atoms with E-state index < -0.39 is 14.9 Å². The fraction of sp³-hybridized carbons (Fsp3) is 0.381. The number of nitro groups is 1. The Morgan fingerprint density at radius 3 is 2.38 bits per heavy atom. The maximum atomic E-state index is 12.9. The number of ether oxygens (including phenoxy) is 1. The van der Waals surface area contributed by atoms with E-state index in [2.05, 4.69) is 5.32 Å². The van der Waals surface area contributed by atoms with Gasteiger partial charge in [-0.3, -0.25) is 14.9 Å². The van der Waals surface area contributed by atoms with Crippen molar-refractivity contribution >= 4 is 27.3 Å². The van der Waals surface area contributed by atoms with Crippen molar-refractivity contribution in [2.75, 3.05) is 44.6 Å². The number of hydrogen-bond donors (Lipinski definition) is 1. The molecule has 0 saturated carbocycles. The Hall–Kier alpha value is -3.18. The van der Waals surface area contributed by atoms with Crippen LogP contribution >= 0.6 is 0 Å². The van der Waals surface area contributed by atoms with Gasteiger partial charge in [0.15, 0.2) is 0 Å². The topological polar surface area (TPSA) is 122 Å². The molecule has 172 valence electrons. The molecule has 1 aliphatic heterocycles. The summed E-state index contributed by atoms with van der Waals surface area (Å²) in [5.74, 6) is 0.477. The van der Waals surface area contributed by atoms with Gasteiger partial charge in [0.05, 0.1) is 16.4 Å². The van der Waals surface area contributed by atoms with Gasteiger partial charge in [0.25, 0.3) is 5.69 Å². The highest BCUT2D eigenvalue weighted by Gasteiger charge is 2.30. The van der Waals surface area contributed by atoms with Gasteiger partial charge < -0.3 is 15.0 Å². The predicted molar refractivity (Wildman–Crippen MR) is 119 cm³/mol. The lowest BCUT2D eigenvalue weighted by atomic mass is 10.2. The van der Waals surface area contributed by atoms with Crippen LogP contribution < -0.4 is 10.1 Å². The quantitative estimate of drug-likeness (QED) is 0.448. The van der Waals surface area contributed by atoms with Crippen molar-refractivity contribution in [2.45, 2.75) is 18.2 Å². The van der Waals surface area contributed by atoms with E-state index in [0.717, 1.165) is 0 Å². The van der Waals surface area contributed by atoms with Crippen LogP contribution in [0.4, 0.5) is 11.4 Å². The molecule has 1 fully saturated rings. The first-order valence-corrected chi connectivity index (χ1v) is 11.7. The van der Waals surface area contributed by atoms with Crippen molar-refractivity contribution in [1.82, 2.24) is 9.21 Å². The van der Waals surface area contributed by atoms with E-state index in [0.29, 0.717) is 31.1 Å². The second kappa shape index (κ2) is 10.4. The van der Waals surface area contributed by atoms with Crippen LogP contribution in [0.5, 0.6) is 5.75 Å². The molecule has 0 aliphatic carbocycles. The minimum atomic E-state index is -3.65. The van der Waals surface area contributed by atoms with Crippen LogP contribution in [0.2, 0.25) is 0 Å². The van der Waals surface area contributed by atoms with E-state index in [1.165, 1.54) is 22.5 Å². The van der Waals surface area contributed by atoms with Crippen LogP contribution in [-0.2, 0) is 14.8 Å². The van der Waals surface area contributed by atoms with E-state index in [4.69, 9.17) is 4.74 Å². The summed E-state index contributed by atoms with van der Waals surface area (Å²) in [6.07, 6.45) is 0.150. The van der Waals surface area contributed by atoms with E-state index in [9.17, 15) is 23.3 Å². The number of para-hydroxylation sites is 2. The molecule has 1 N–H and O–H groups in total. The van der Waals surface area contributed by atoms with Gasteiger partial charge in [-0.25, -0.2) is 8.42 Å². The van der Waals surface area contributed by atoms with Gasteiger partial charge >= 0.3 is 0 Å². The number of nitro benzene ring substituents is 1. The lowest BCUT2D eigenvalue weighted by molar-refractivity contribution is -0.384. The molecule has 3 rings (SSSR count). The Morgan fingerprint density at radius 1 is 1.09 bits per heavy atom. The number of nitrogens with one attached hydrogen (secondary N) is 1. The monoisotopic (exact) mass is 462 g/mol. The fourth-order valence-electron chi connectivity index (χ4n) is 3.45. The molecule has 0 spiro atoms. The lowest BCUT2D eigenvalue weighted by Gasteiger charge is -2.34. The average Bonchev–Trinajstić information content (AvgIpc) is 2.80. The summed E-state index contributed by atoms with van der Waals surface area (Å²) < 4.78 is 32.5. The number of amides is 1. The summed E-state index contributed by atoms with van der Waals surface area (Å²) in [4.78, 5) is 24.9. The van der Waals surface area contributed by atoms with E-state index >= 15 is 0 Å². The Bertz CT molecular complexity index is 1050. The molecular weight excluding hydrogens is 436 g/mol. The molecule has 0 unspecified atom stereocenters. The number of nitrogens with zero attached hydrogens (tertiary/aromatic N) is 3. The number of sulfonamides is 1. The van der Waals surface area contributed by atoms with Gasteiger partial charge in [-0.2, -0.15) is 4.31 Å². The van der Waals surface area contributed by atoms with E-state index in [1.807, 2.05) is 6.92 Å². The zero-order valence-corrected chi connectivity index (χ0v) is 18.6. The van der Waals surface area contributed by atoms with Crippen molar-refractivity contribution < 1.29 is 22.9 Å². The smallest absolute Gasteiger partial charge is 0.292 e. The number of benzene rings is 2. The Morgan fingerprint density at radius 2 is 1.75 bits per heavy atom. The lowest BCUT2D eigenvalue weighted by Crippen LogP contribution is -2.50. The molecule has 0 aromatic heterocycles. The van der Waals surface area contributed by atoms with Gasteiger partial charge in [0.1, 0.15) is 11.4 Å². The van der Waals surface area contributed by atoms with Crippen LogP contribution in [0.1, 0.15) is 13.3 Å². The van der Waals surface area contributed by atoms with E-state index in [-0.39, 0.29) is 42.5 Å². The molecule has 0 bridgehead atoms. The molecular formula is C21H26N4O6S. The third kappa shape index (κ3) is 5.54. The summed E-state index contributed by atoms with van der Waals surface area (Å²) in [5, 5.41) is 14.0. The number of carbonyl (C=O) groups excluding carboxylic acids is 1. The molecule has 1 aliphatic rings. The largest absolute Gasteiger partial charge is 0.494 e. The Balaban J connectivity index is 1.50. The summed E-state index contributed by atoms with van der Waals surface area (Å²) in [7, 11) is -3.65. The zero-order valence-electron chi connectivity index (χ0n) is 17.8. The molecule has 1 heterocycles. The molecule has 2 aromatic rings. The number of hydrogen-bond acceptors (Lipinski definition) is 7. The SMILES string of the molecule is CCOc1ccc(S(=O)(=O)N2CCN(C(=O)CCNc3ccccc3[N+](=O)[O-])CC2)cc1. The third-order valence-corrected chi connectivity index (χ3v) is 7.03. The number of carbonyl (C=O) groups is 1.